The quantitative estimate of drug-likeness (QED) is 0.839. The lowest BCUT2D eigenvalue weighted by Gasteiger charge is -2.08. The molecule has 2 aromatic heterocycles. The molecule has 2 rings (SSSR count). The Balaban J connectivity index is 1.80. The zero-order valence-electron chi connectivity index (χ0n) is 11.5. The number of urea groups is 1. The van der Waals surface area contributed by atoms with E-state index in [1.807, 2.05) is 26.1 Å². The molecule has 0 fully saturated rings. The Labute approximate surface area is 116 Å². The van der Waals surface area contributed by atoms with Crippen LogP contribution in [-0.4, -0.2) is 37.8 Å². The van der Waals surface area contributed by atoms with Gasteiger partial charge in [-0.2, -0.15) is 0 Å². The van der Waals surface area contributed by atoms with Crippen molar-refractivity contribution < 1.29 is 4.79 Å². The predicted octanol–water partition coefficient (Wildman–Crippen LogP) is 0.761. The molecule has 0 bridgehead atoms. The zero-order valence-corrected chi connectivity index (χ0v) is 11.5. The fourth-order valence-corrected chi connectivity index (χ4v) is 1.75. The highest BCUT2D eigenvalue weighted by molar-refractivity contribution is 5.87. The average molecular weight is 275 g/mol. The molecule has 0 aliphatic rings. The van der Waals surface area contributed by atoms with Gasteiger partial charge in [0.1, 0.15) is 0 Å². The normalized spacial score (nSPS) is 10.3. The summed E-state index contributed by atoms with van der Waals surface area (Å²) in [7, 11) is 0. The molecular formula is C12H17N7O. The number of anilines is 1. The Bertz CT molecular complexity index is 581. The van der Waals surface area contributed by atoms with Gasteiger partial charge in [0, 0.05) is 25.5 Å². The number of hydrogen-bond acceptors (Lipinski definition) is 5. The number of rotatable bonds is 5. The molecule has 2 N–H and O–H groups in total. The van der Waals surface area contributed by atoms with Gasteiger partial charge in [0.05, 0.1) is 0 Å². The molecule has 0 aromatic carbocycles. The Morgan fingerprint density at radius 1 is 1.45 bits per heavy atom. The molecule has 0 radical (unpaired) electrons. The van der Waals surface area contributed by atoms with Gasteiger partial charge in [0.25, 0.3) is 5.95 Å². The van der Waals surface area contributed by atoms with E-state index in [0.29, 0.717) is 19.0 Å². The molecule has 106 valence electrons. The zero-order chi connectivity index (χ0) is 14.4. The second kappa shape index (κ2) is 6.60. The number of tetrazole rings is 1. The second-order valence-corrected chi connectivity index (χ2v) is 4.25. The summed E-state index contributed by atoms with van der Waals surface area (Å²) in [5, 5.41) is 16.3. The lowest BCUT2D eigenvalue weighted by atomic mass is 10.1. The smallest absolute Gasteiger partial charge is 0.321 e. The summed E-state index contributed by atoms with van der Waals surface area (Å²) in [6, 6.07) is 1.63. The van der Waals surface area contributed by atoms with Crippen molar-refractivity contribution in [3.05, 3.63) is 29.6 Å². The fraction of sp³-hybridized carbons (Fsp3) is 0.417. The lowest BCUT2D eigenvalue weighted by molar-refractivity contribution is 0.252. The maximum Gasteiger partial charge on any atom is 0.321 e. The first kappa shape index (κ1) is 13.9. The van der Waals surface area contributed by atoms with E-state index in [9.17, 15) is 4.79 Å². The molecule has 0 aliphatic carbocycles. The molecule has 20 heavy (non-hydrogen) atoms. The van der Waals surface area contributed by atoms with Crippen LogP contribution in [0, 0.1) is 6.92 Å². The van der Waals surface area contributed by atoms with Crippen LogP contribution in [0.2, 0.25) is 0 Å². The number of aryl methyl sites for hydroxylation is 2. The van der Waals surface area contributed by atoms with Crippen molar-refractivity contribution in [2.45, 2.75) is 26.8 Å². The minimum atomic E-state index is -0.318. The van der Waals surface area contributed by atoms with Crippen molar-refractivity contribution >= 4 is 12.0 Å². The van der Waals surface area contributed by atoms with Crippen molar-refractivity contribution in [1.29, 1.82) is 0 Å². The minimum Gasteiger partial charge on any atom is -0.337 e. The summed E-state index contributed by atoms with van der Waals surface area (Å²) in [6.45, 7) is 5.02. The van der Waals surface area contributed by atoms with Crippen LogP contribution >= 0.6 is 0 Å². The SMILES string of the molecule is CCn1nnnc1NC(=O)NCCc1ccncc1C. The highest BCUT2D eigenvalue weighted by Gasteiger charge is 2.08. The van der Waals surface area contributed by atoms with Crippen molar-refractivity contribution in [2.75, 3.05) is 11.9 Å². The van der Waals surface area contributed by atoms with E-state index < -0.39 is 0 Å². The number of hydrogen-bond donors (Lipinski definition) is 2. The number of carbonyl (C=O) groups excluding carboxylic acids is 1. The van der Waals surface area contributed by atoms with Crippen LogP contribution in [0.3, 0.4) is 0 Å². The largest absolute Gasteiger partial charge is 0.337 e. The van der Waals surface area contributed by atoms with Crippen LogP contribution in [0.25, 0.3) is 0 Å². The molecule has 2 aromatic rings. The van der Waals surface area contributed by atoms with Crippen LogP contribution in [-0.2, 0) is 13.0 Å². The first-order valence-electron chi connectivity index (χ1n) is 6.41. The van der Waals surface area contributed by atoms with Gasteiger partial charge < -0.3 is 5.32 Å². The van der Waals surface area contributed by atoms with Crippen LogP contribution in [0.1, 0.15) is 18.1 Å². The van der Waals surface area contributed by atoms with E-state index in [2.05, 4.69) is 31.1 Å². The first-order valence-corrected chi connectivity index (χ1v) is 6.41. The van der Waals surface area contributed by atoms with Gasteiger partial charge in [0.15, 0.2) is 0 Å². The number of amides is 2. The minimum absolute atomic E-state index is 0.318. The van der Waals surface area contributed by atoms with Crippen LogP contribution in [0.4, 0.5) is 10.7 Å². The lowest BCUT2D eigenvalue weighted by Crippen LogP contribution is -2.31. The van der Waals surface area contributed by atoms with Crippen molar-refractivity contribution in [3.63, 3.8) is 0 Å². The van der Waals surface area contributed by atoms with E-state index in [-0.39, 0.29) is 6.03 Å². The maximum absolute atomic E-state index is 11.7. The highest BCUT2D eigenvalue weighted by atomic mass is 16.2. The van der Waals surface area contributed by atoms with Gasteiger partial charge >= 0.3 is 6.03 Å². The standard InChI is InChI=1S/C12H17N7O/c1-3-19-11(16-17-18-19)15-12(20)14-7-5-10-4-6-13-8-9(10)2/h4,6,8H,3,5,7H2,1-2H3,(H2,14,15,16,18,20). The molecule has 0 saturated carbocycles. The molecule has 0 aliphatic heterocycles. The maximum atomic E-state index is 11.7. The van der Waals surface area contributed by atoms with Gasteiger partial charge in [-0.3, -0.25) is 10.3 Å². The Morgan fingerprint density at radius 2 is 2.30 bits per heavy atom. The molecule has 0 spiro atoms. The van der Waals surface area contributed by atoms with E-state index in [1.54, 1.807) is 6.20 Å². The van der Waals surface area contributed by atoms with E-state index in [1.165, 1.54) is 10.2 Å². The molecule has 0 atom stereocenters. The highest BCUT2D eigenvalue weighted by Crippen LogP contribution is 2.05. The molecule has 0 unspecified atom stereocenters. The van der Waals surface area contributed by atoms with E-state index in [4.69, 9.17) is 0 Å². The Morgan fingerprint density at radius 3 is 3.05 bits per heavy atom. The summed E-state index contributed by atoms with van der Waals surface area (Å²) < 4.78 is 1.51. The fourth-order valence-electron chi connectivity index (χ4n) is 1.75. The molecule has 8 nitrogen and oxygen atoms in total. The number of carbonyl (C=O) groups is 1. The number of pyridine rings is 1. The van der Waals surface area contributed by atoms with Crippen molar-refractivity contribution in [3.8, 4) is 0 Å². The summed E-state index contributed by atoms with van der Waals surface area (Å²) in [5.74, 6) is 0.338. The van der Waals surface area contributed by atoms with Crippen LogP contribution < -0.4 is 10.6 Å². The third-order valence-electron chi connectivity index (χ3n) is 2.87. The second-order valence-electron chi connectivity index (χ2n) is 4.25. The Hall–Kier alpha value is -2.51. The third-order valence-corrected chi connectivity index (χ3v) is 2.87. The summed E-state index contributed by atoms with van der Waals surface area (Å²) in [5.41, 5.74) is 2.28. The number of aromatic nitrogens is 5. The monoisotopic (exact) mass is 275 g/mol. The summed E-state index contributed by atoms with van der Waals surface area (Å²) in [4.78, 5) is 15.7. The van der Waals surface area contributed by atoms with Crippen molar-refractivity contribution in [2.24, 2.45) is 0 Å². The van der Waals surface area contributed by atoms with Gasteiger partial charge in [-0.05, 0) is 47.9 Å². The van der Waals surface area contributed by atoms with Crippen LogP contribution in [0.5, 0.6) is 0 Å². The molecule has 0 saturated heterocycles. The van der Waals surface area contributed by atoms with Gasteiger partial charge in [-0.15, -0.1) is 0 Å². The number of nitrogens with zero attached hydrogens (tertiary/aromatic N) is 5. The van der Waals surface area contributed by atoms with Crippen molar-refractivity contribution in [1.82, 2.24) is 30.5 Å². The van der Waals surface area contributed by atoms with Gasteiger partial charge in [0.2, 0.25) is 0 Å². The van der Waals surface area contributed by atoms with E-state index in [0.717, 1.165) is 12.0 Å². The summed E-state index contributed by atoms with van der Waals surface area (Å²) in [6.07, 6.45) is 4.31. The summed E-state index contributed by atoms with van der Waals surface area (Å²) >= 11 is 0. The molecule has 2 amide bonds. The third kappa shape index (κ3) is 3.50. The average Bonchev–Trinajstić information content (AvgIpc) is 2.88. The Kier molecular flexibility index (Phi) is 4.59. The molecular weight excluding hydrogens is 258 g/mol. The predicted molar refractivity (Wildman–Crippen MR) is 73.2 cm³/mol. The topological polar surface area (TPSA) is 97.6 Å². The molecule has 2 heterocycles. The van der Waals surface area contributed by atoms with Gasteiger partial charge in [-0.25, -0.2) is 9.48 Å². The van der Waals surface area contributed by atoms with E-state index >= 15 is 0 Å². The van der Waals surface area contributed by atoms with Crippen LogP contribution in [0.15, 0.2) is 18.5 Å². The molecule has 8 heteroatoms. The first-order chi connectivity index (χ1) is 9.70. The van der Waals surface area contributed by atoms with Gasteiger partial charge in [-0.1, -0.05) is 5.10 Å². The number of nitrogens with one attached hydrogen (secondary N) is 2.